The summed E-state index contributed by atoms with van der Waals surface area (Å²) in [7, 11) is 0. The zero-order valence-corrected chi connectivity index (χ0v) is 13.2. The molecule has 2 aliphatic rings. The van der Waals surface area contributed by atoms with E-state index >= 15 is 0 Å². The van der Waals surface area contributed by atoms with Crippen LogP contribution in [0.15, 0.2) is 47.6 Å². The zero-order chi connectivity index (χ0) is 14.9. The molecule has 0 spiro atoms. The molecule has 0 N–H and O–H groups in total. The highest BCUT2D eigenvalue weighted by Gasteiger charge is 2.56. The average Bonchev–Trinajstić information content (AvgIpc) is 2.77. The summed E-state index contributed by atoms with van der Waals surface area (Å²) < 4.78 is 0. The lowest BCUT2D eigenvalue weighted by molar-refractivity contribution is -0.123. The van der Waals surface area contributed by atoms with E-state index in [-0.39, 0.29) is 5.41 Å². The van der Waals surface area contributed by atoms with Gasteiger partial charge in [0.15, 0.2) is 5.78 Å². The van der Waals surface area contributed by atoms with Gasteiger partial charge >= 0.3 is 0 Å². The van der Waals surface area contributed by atoms with E-state index in [4.69, 9.17) is 0 Å². The van der Waals surface area contributed by atoms with Crippen LogP contribution >= 0.6 is 0 Å². The van der Waals surface area contributed by atoms with Crippen LogP contribution in [0.2, 0.25) is 0 Å². The van der Waals surface area contributed by atoms with E-state index in [1.54, 1.807) is 0 Å². The molecule has 0 amide bonds. The maximum Gasteiger partial charge on any atom is 0.165 e. The third kappa shape index (κ3) is 2.46. The normalized spacial score (nSPS) is 35.5. The van der Waals surface area contributed by atoms with Gasteiger partial charge in [0.2, 0.25) is 0 Å². The number of Topliss-reactive ketones (excluding diaryl/α,β-unsaturated/α-hetero) is 1. The van der Waals surface area contributed by atoms with Gasteiger partial charge in [0.25, 0.3) is 0 Å². The Balaban J connectivity index is 2.32. The Morgan fingerprint density at radius 3 is 2.65 bits per heavy atom. The van der Waals surface area contributed by atoms with Gasteiger partial charge in [-0.1, -0.05) is 51.2 Å². The SMILES string of the molecule is C=C(C)\C=C/C(=C\CC)/C=C1/C(=O)C2(C)CCC1C2C. The minimum atomic E-state index is -0.105. The number of carbonyl (C=O) groups excluding carboxylic acids is 1. The van der Waals surface area contributed by atoms with Gasteiger partial charge in [-0.2, -0.15) is 0 Å². The Kier molecular flexibility index (Phi) is 4.17. The van der Waals surface area contributed by atoms with Gasteiger partial charge in [-0.15, -0.1) is 0 Å². The number of hydrogen-bond donors (Lipinski definition) is 0. The molecule has 1 heteroatoms. The molecule has 2 rings (SSSR count). The molecule has 3 atom stereocenters. The number of ketones is 1. The van der Waals surface area contributed by atoms with E-state index in [9.17, 15) is 4.79 Å². The molecular weight excluding hydrogens is 244 g/mol. The van der Waals surface area contributed by atoms with Gasteiger partial charge in [-0.05, 0) is 55.2 Å². The fourth-order valence-corrected chi connectivity index (χ4v) is 3.62. The quantitative estimate of drug-likeness (QED) is 0.518. The van der Waals surface area contributed by atoms with Crippen molar-refractivity contribution in [3.8, 4) is 0 Å². The Labute approximate surface area is 123 Å². The highest BCUT2D eigenvalue weighted by atomic mass is 16.1. The van der Waals surface area contributed by atoms with Gasteiger partial charge in [0.1, 0.15) is 0 Å². The van der Waals surface area contributed by atoms with Crippen LogP contribution in [0.3, 0.4) is 0 Å². The van der Waals surface area contributed by atoms with Crippen LogP contribution in [0.5, 0.6) is 0 Å². The molecule has 2 fully saturated rings. The van der Waals surface area contributed by atoms with Gasteiger partial charge < -0.3 is 0 Å². The molecular formula is C19H26O. The van der Waals surface area contributed by atoms with Crippen molar-refractivity contribution >= 4 is 5.78 Å². The molecule has 0 aliphatic heterocycles. The molecule has 2 aliphatic carbocycles. The lowest BCUT2D eigenvalue weighted by atomic mass is 9.80. The summed E-state index contributed by atoms with van der Waals surface area (Å²) in [5, 5.41) is 0. The predicted octanol–water partition coefficient (Wildman–Crippen LogP) is 5.02. The number of carbonyl (C=O) groups is 1. The van der Waals surface area contributed by atoms with Crippen molar-refractivity contribution in [2.24, 2.45) is 17.3 Å². The largest absolute Gasteiger partial charge is 0.294 e. The topological polar surface area (TPSA) is 17.1 Å². The standard InChI is InChI=1S/C19H26O/c1-6-7-15(9-8-13(2)3)12-17-16-10-11-19(5,14(16)4)18(17)20/h7-9,12,14,16H,2,6,10-11H2,1,3-5H3/b9-8-,15-7+,17-12+. The van der Waals surface area contributed by atoms with Crippen LogP contribution in [0.4, 0.5) is 0 Å². The monoisotopic (exact) mass is 270 g/mol. The van der Waals surface area contributed by atoms with Crippen LogP contribution in [0, 0.1) is 17.3 Å². The maximum absolute atomic E-state index is 12.6. The first-order valence-corrected chi connectivity index (χ1v) is 7.70. The molecule has 1 nitrogen and oxygen atoms in total. The lowest BCUT2D eigenvalue weighted by Crippen LogP contribution is -2.25. The van der Waals surface area contributed by atoms with Crippen LogP contribution in [0.1, 0.15) is 47.0 Å². The average molecular weight is 270 g/mol. The molecule has 2 saturated carbocycles. The summed E-state index contributed by atoms with van der Waals surface area (Å²) in [6.45, 7) is 12.4. The van der Waals surface area contributed by atoms with Gasteiger partial charge in [0, 0.05) is 5.41 Å². The van der Waals surface area contributed by atoms with E-state index in [1.165, 1.54) is 6.42 Å². The van der Waals surface area contributed by atoms with Crippen molar-refractivity contribution < 1.29 is 4.79 Å². The fraction of sp³-hybridized carbons (Fsp3) is 0.526. The molecule has 0 aromatic rings. The Bertz CT molecular complexity index is 518. The summed E-state index contributed by atoms with van der Waals surface area (Å²) in [5.41, 5.74) is 3.12. The molecule has 108 valence electrons. The first kappa shape index (κ1) is 15.0. The summed E-state index contributed by atoms with van der Waals surface area (Å²) in [6, 6.07) is 0. The molecule has 0 aromatic carbocycles. The minimum Gasteiger partial charge on any atom is -0.294 e. The van der Waals surface area contributed by atoms with Crippen LogP contribution in [-0.4, -0.2) is 5.78 Å². The number of fused-ring (bicyclic) bond motifs is 2. The van der Waals surface area contributed by atoms with Crippen molar-refractivity contribution in [2.75, 3.05) is 0 Å². The first-order chi connectivity index (χ1) is 9.40. The van der Waals surface area contributed by atoms with Crippen LogP contribution in [0.25, 0.3) is 0 Å². The van der Waals surface area contributed by atoms with E-state index in [0.717, 1.165) is 29.6 Å². The van der Waals surface area contributed by atoms with E-state index in [1.807, 2.05) is 13.0 Å². The minimum absolute atomic E-state index is 0.105. The predicted molar refractivity (Wildman–Crippen MR) is 85.4 cm³/mol. The highest BCUT2D eigenvalue weighted by Crippen LogP contribution is 2.58. The van der Waals surface area contributed by atoms with Crippen molar-refractivity contribution in [1.82, 2.24) is 0 Å². The molecule has 20 heavy (non-hydrogen) atoms. The van der Waals surface area contributed by atoms with Crippen LogP contribution < -0.4 is 0 Å². The van der Waals surface area contributed by atoms with Gasteiger partial charge in [-0.3, -0.25) is 4.79 Å². The molecule has 0 saturated heterocycles. The number of allylic oxidation sites excluding steroid dienone is 7. The van der Waals surface area contributed by atoms with Crippen molar-refractivity contribution in [2.45, 2.75) is 47.0 Å². The summed E-state index contributed by atoms with van der Waals surface area (Å²) in [6.07, 6.45) is 11.6. The third-order valence-electron chi connectivity index (χ3n) is 5.09. The van der Waals surface area contributed by atoms with Gasteiger partial charge in [-0.25, -0.2) is 0 Å². The van der Waals surface area contributed by atoms with E-state index in [0.29, 0.717) is 17.6 Å². The van der Waals surface area contributed by atoms with E-state index < -0.39 is 0 Å². The van der Waals surface area contributed by atoms with Crippen molar-refractivity contribution in [3.05, 3.63) is 47.6 Å². The number of hydrogen-bond acceptors (Lipinski definition) is 1. The maximum atomic E-state index is 12.6. The second-order valence-corrected chi connectivity index (χ2v) is 6.57. The number of rotatable bonds is 4. The zero-order valence-electron chi connectivity index (χ0n) is 13.2. The Morgan fingerprint density at radius 2 is 2.15 bits per heavy atom. The van der Waals surface area contributed by atoms with Crippen LogP contribution in [-0.2, 0) is 4.79 Å². The van der Waals surface area contributed by atoms with Crippen molar-refractivity contribution in [3.63, 3.8) is 0 Å². The molecule has 0 radical (unpaired) electrons. The Hall–Kier alpha value is -1.37. The molecule has 0 aromatic heterocycles. The van der Waals surface area contributed by atoms with Gasteiger partial charge in [0.05, 0.1) is 0 Å². The van der Waals surface area contributed by atoms with E-state index in [2.05, 4.69) is 45.6 Å². The highest BCUT2D eigenvalue weighted by molar-refractivity contribution is 6.04. The fourth-order valence-electron chi connectivity index (χ4n) is 3.62. The molecule has 3 unspecified atom stereocenters. The summed E-state index contributed by atoms with van der Waals surface area (Å²) in [4.78, 5) is 12.6. The molecule has 0 heterocycles. The second-order valence-electron chi connectivity index (χ2n) is 6.57. The smallest absolute Gasteiger partial charge is 0.165 e. The van der Waals surface area contributed by atoms with Crippen molar-refractivity contribution in [1.29, 1.82) is 0 Å². The summed E-state index contributed by atoms with van der Waals surface area (Å²) in [5.74, 6) is 1.34. The molecule has 2 bridgehead atoms. The second kappa shape index (κ2) is 5.55. The Morgan fingerprint density at radius 1 is 1.45 bits per heavy atom. The third-order valence-corrected chi connectivity index (χ3v) is 5.09. The first-order valence-electron chi connectivity index (χ1n) is 7.70. The lowest BCUT2D eigenvalue weighted by Gasteiger charge is -2.22. The summed E-state index contributed by atoms with van der Waals surface area (Å²) >= 11 is 0.